The predicted octanol–water partition coefficient (Wildman–Crippen LogP) is 2.08. The normalized spacial score (nSPS) is 17.2. The van der Waals surface area contributed by atoms with Gasteiger partial charge in [-0.25, -0.2) is 4.98 Å². The molecule has 0 radical (unpaired) electrons. The zero-order valence-corrected chi connectivity index (χ0v) is 12.2. The predicted molar refractivity (Wildman–Crippen MR) is 83.1 cm³/mol. The quantitative estimate of drug-likeness (QED) is 0.566. The van der Waals surface area contributed by atoms with Crippen LogP contribution in [0.2, 0.25) is 0 Å². The van der Waals surface area contributed by atoms with E-state index in [0.29, 0.717) is 35.8 Å². The number of hydrogen-bond acceptors (Lipinski definition) is 6. The summed E-state index contributed by atoms with van der Waals surface area (Å²) in [6.45, 7) is 1.15. The van der Waals surface area contributed by atoms with Crippen LogP contribution in [0.4, 0.5) is 15.9 Å². The summed E-state index contributed by atoms with van der Waals surface area (Å²) in [7, 11) is 0. The van der Waals surface area contributed by atoms with Gasteiger partial charge in [-0.05, 0) is 17.7 Å². The van der Waals surface area contributed by atoms with Gasteiger partial charge in [-0.3, -0.25) is 4.57 Å². The summed E-state index contributed by atoms with van der Waals surface area (Å²) in [6.07, 6.45) is 1.54. The second-order valence-corrected chi connectivity index (χ2v) is 5.38. The maximum atomic E-state index is 13.8. The number of benzene rings is 1. The highest BCUT2D eigenvalue weighted by molar-refractivity contribution is 5.82. The Morgan fingerprint density at radius 3 is 3.00 bits per heavy atom. The number of nitrogens with two attached hydrogens (primary N) is 1. The number of aromatic nitrogens is 4. The number of fused-ring (bicyclic) bond motifs is 1. The first kappa shape index (κ1) is 13.9. The van der Waals surface area contributed by atoms with Gasteiger partial charge in [-0.15, -0.1) is 0 Å². The molecule has 3 aromatic rings. The van der Waals surface area contributed by atoms with E-state index in [1.165, 1.54) is 0 Å². The molecule has 0 bridgehead atoms. The second-order valence-electron chi connectivity index (χ2n) is 5.38. The number of nitrogen functional groups attached to an aromatic ring is 1. The molecule has 1 fully saturated rings. The number of nitrogens with one attached hydrogen (secondary N) is 1. The largest absolute Gasteiger partial charge is 0.399 e. The van der Waals surface area contributed by atoms with Gasteiger partial charge in [-0.1, -0.05) is 12.1 Å². The molecule has 1 saturated heterocycles. The fourth-order valence-electron chi connectivity index (χ4n) is 2.56. The molecule has 3 heterocycles. The smallest absolute Gasteiger partial charge is 0.312 e. The summed E-state index contributed by atoms with van der Waals surface area (Å²) in [5.74, 6) is 0.355. The molecular formula is C15H15FN6O. The first-order valence-electron chi connectivity index (χ1n) is 7.30. The van der Waals surface area contributed by atoms with Gasteiger partial charge in [0, 0.05) is 18.7 Å². The summed E-state index contributed by atoms with van der Waals surface area (Å²) < 4.78 is 20.9. The number of hydrogen-bond donors (Lipinski definition) is 2. The van der Waals surface area contributed by atoms with E-state index >= 15 is 0 Å². The van der Waals surface area contributed by atoms with Gasteiger partial charge in [0.15, 0.2) is 17.0 Å². The summed E-state index contributed by atoms with van der Waals surface area (Å²) in [5, 5.41) is 3.10. The number of anilines is 2. The second kappa shape index (κ2) is 5.47. The lowest BCUT2D eigenvalue weighted by molar-refractivity contribution is -0.0974. The van der Waals surface area contributed by atoms with Crippen LogP contribution in [-0.2, 0) is 11.3 Å². The molecular weight excluding hydrogens is 299 g/mol. The van der Waals surface area contributed by atoms with E-state index in [1.54, 1.807) is 10.9 Å². The van der Waals surface area contributed by atoms with E-state index < -0.39 is 6.08 Å². The van der Waals surface area contributed by atoms with Crippen LogP contribution < -0.4 is 11.1 Å². The molecule has 1 unspecified atom stereocenters. The highest BCUT2D eigenvalue weighted by Crippen LogP contribution is 2.28. The average molecular weight is 314 g/mol. The van der Waals surface area contributed by atoms with E-state index in [-0.39, 0.29) is 6.23 Å². The van der Waals surface area contributed by atoms with Gasteiger partial charge in [0.2, 0.25) is 0 Å². The number of halogens is 1. The minimum absolute atomic E-state index is 0.129. The van der Waals surface area contributed by atoms with Crippen molar-refractivity contribution in [2.75, 3.05) is 17.7 Å². The maximum Gasteiger partial charge on any atom is 0.312 e. The molecule has 1 aromatic carbocycles. The Hall–Kier alpha value is -2.74. The van der Waals surface area contributed by atoms with E-state index in [0.717, 1.165) is 12.0 Å². The molecule has 1 aliphatic rings. The highest BCUT2D eigenvalue weighted by atomic mass is 19.1. The minimum Gasteiger partial charge on any atom is -0.399 e. The lowest BCUT2D eigenvalue weighted by atomic mass is 10.2. The van der Waals surface area contributed by atoms with E-state index in [1.807, 2.05) is 24.3 Å². The maximum absolute atomic E-state index is 13.8. The third kappa shape index (κ3) is 2.57. The molecule has 1 atom stereocenters. The molecule has 0 aliphatic carbocycles. The fraction of sp³-hybridized carbons (Fsp3) is 0.267. The lowest BCUT2D eigenvalue weighted by Crippen LogP contribution is -2.24. The van der Waals surface area contributed by atoms with Crippen LogP contribution in [0.5, 0.6) is 0 Å². The zero-order chi connectivity index (χ0) is 15.8. The van der Waals surface area contributed by atoms with Gasteiger partial charge < -0.3 is 15.8 Å². The van der Waals surface area contributed by atoms with Crippen LogP contribution in [-0.4, -0.2) is 26.1 Å². The van der Waals surface area contributed by atoms with Crippen molar-refractivity contribution in [3.63, 3.8) is 0 Å². The van der Waals surface area contributed by atoms with Crippen molar-refractivity contribution in [3.05, 3.63) is 42.2 Å². The van der Waals surface area contributed by atoms with Crippen LogP contribution >= 0.6 is 0 Å². The first-order valence-corrected chi connectivity index (χ1v) is 7.30. The van der Waals surface area contributed by atoms with Crippen LogP contribution in [0.1, 0.15) is 18.2 Å². The number of nitrogens with zero attached hydrogens (tertiary/aromatic N) is 4. The van der Waals surface area contributed by atoms with Crippen LogP contribution in [0.15, 0.2) is 30.6 Å². The van der Waals surface area contributed by atoms with Crippen molar-refractivity contribution in [1.29, 1.82) is 0 Å². The molecule has 2 aromatic heterocycles. The van der Waals surface area contributed by atoms with E-state index in [2.05, 4.69) is 20.3 Å². The monoisotopic (exact) mass is 314 g/mol. The summed E-state index contributed by atoms with van der Waals surface area (Å²) in [5.41, 5.74) is 8.35. The van der Waals surface area contributed by atoms with Gasteiger partial charge in [0.1, 0.15) is 6.23 Å². The SMILES string of the molecule is Nc1cccc(CNc2nc(F)nc3c2ncn3C2CCO2)c1. The third-order valence-electron chi connectivity index (χ3n) is 3.79. The molecule has 7 nitrogen and oxygen atoms in total. The van der Waals surface area contributed by atoms with Gasteiger partial charge in [-0.2, -0.15) is 14.4 Å². The fourth-order valence-corrected chi connectivity index (χ4v) is 2.56. The minimum atomic E-state index is -0.798. The third-order valence-corrected chi connectivity index (χ3v) is 3.79. The number of imidazole rings is 1. The molecule has 4 rings (SSSR count). The molecule has 23 heavy (non-hydrogen) atoms. The van der Waals surface area contributed by atoms with Crippen molar-refractivity contribution < 1.29 is 9.13 Å². The first-order chi connectivity index (χ1) is 11.2. The number of rotatable bonds is 4. The van der Waals surface area contributed by atoms with Crippen LogP contribution in [0, 0.1) is 6.08 Å². The van der Waals surface area contributed by atoms with Crippen LogP contribution in [0.3, 0.4) is 0 Å². The Morgan fingerprint density at radius 2 is 2.26 bits per heavy atom. The Bertz CT molecular complexity index is 860. The Balaban J connectivity index is 1.65. The molecule has 8 heteroatoms. The van der Waals surface area contributed by atoms with E-state index in [9.17, 15) is 4.39 Å². The van der Waals surface area contributed by atoms with Gasteiger partial charge in [0.05, 0.1) is 12.9 Å². The van der Waals surface area contributed by atoms with Gasteiger partial charge >= 0.3 is 6.08 Å². The molecule has 118 valence electrons. The summed E-state index contributed by atoms with van der Waals surface area (Å²) in [4.78, 5) is 12.0. The molecule has 0 amide bonds. The van der Waals surface area contributed by atoms with Crippen LogP contribution in [0.25, 0.3) is 11.2 Å². The standard InChI is InChI=1S/C15H15FN6O/c16-15-20-13(18-7-9-2-1-3-10(17)6-9)12-14(21-15)22(8-19-12)11-4-5-23-11/h1-3,6,8,11H,4-5,7,17H2,(H,18,20,21). The van der Waals surface area contributed by atoms with Crippen molar-refractivity contribution in [2.45, 2.75) is 19.2 Å². The molecule has 1 aliphatic heterocycles. The van der Waals surface area contributed by atoms with Crippen molar-refractivity contribution in [1.82, 2.24) is 19.5 Å². The average Bonchev–Trinajstić information content (AvgIpc) is 2.87. The Morgan fingerprint density at radius 1 is 1.39 bits per heavy atom. The van der Waals surface area contributed by atoms with Crippen molar-refractivity contribution in [2.24, 2.45) is 0 Å². The van der Waals surface area contributed by atoms with Crippen molar-refractivity contribution >= 4 is 22.7 Å². The summed E-state index contributed by atoms with van der Waals surface area (Å²) in [6, 6.07) is 7.46. The number of ether oxygens (including phenoxy) is 1. The highest BCUT2D eigenvalue weighted by Gasteiger charge is 2.24. The molecule has 0 spiro atoms. The topological polar surface area (TPSA) is 90.9 Å². The van der Waals surface area contributed by atoms with Crippen molar-refractivity contribution in [3.8, 4) is 0 Å². The van der Waals surface area contributed by atoms with Gasteiger partial charge in [0.25, 0.3) is 0 Å². The Labute approximate surface area is 131 Å². The van der Waals surface area contributed by atoms with E-state index in [4.69, 9.17) is 10.5 Å². The Kier molecular flexibility index (Phi) is 3.30. The molecule has 0 saturated carbocycles. The lowest BCUT2D eigenvalue weighted by Gasteiger charge is -2.27. The molecule has 3 N–H and O–H groups in total. The summed E-state index contributed by atoms with van der Waals surface area (Å²) >= 11 is 0. The zero-order valence-electron chi connectivity index (χ0n) is 12.2.